The second kappa shape index (κ2) is 6.08. The third kappa shape index (κ3) is 2.84. The fourth-order valence-electron chi connectivity index (χ4n) is 3.06. The first-order valence-corrected chi connectivity index (χ1v) is 8.66. The average molecular weight is 326 g/mol. The van der Waals surface area contributed by atoms with Gasteiger partial charge in [-0.25, -0.2) is 15.0 Å². The topological polar surface area (TPSA) is 59.7 Å². The third-order valence-corrected chi connectivity index (χ3v) is 5.17. The van der Waals surface area contributed by atoms with Gasteiger partial charge in [-0.05, 0) is 19.8 Å². The summed E-state index contributed by atoms with van der Waals surface area (Å²) in [5.74, 6) is 3.14. The van der Waals surface area contributed by atoms with Crippen molar-refractivity contribution in [2.45, 2.75) is 25.7 Å². The zero-order valence-corrected chi connectivity index (χ0v) is 13.8. The molecule has 0 saturated carbocycles. The molecule has 23 heavy (non-hydrogen) atoms. The van der Waals surface area contributed by atoms with Gasteiger partial charge in [-0.15, -0.1) is 11.3 Å². The highest BCUT2D eigenvalue weighted by atomic mass is 32.1. The van der Waals surface area contributed by atoms with E-state index in [0.717, 1.165) is 37.0 Å². The number of piperidine rings is 1. The van der Waals surface area contributed by atoms with Crippen molar-refractivity contribution >= 4 is 17.2 Å². The first-order chi connectivity index (χ1) is 11.3. The van der Waals surface area contributed by atoms with Gasteiger partial charge >= 0.3 is 0 Å². The van der Waals surface area contributed by atoms with Gasteiger partial charge in [0.2, 0.25) is 0 Å². The van der Waals surface area contributed by atoms with E-state index in [1.807, 2.05) is 30.1 Å². The highest BCUT2D eigenvalue weighted by Gasteiger charge is 2.24. The van der Waals surface area contributed by atoms with Crippen LogP contribution in [0.4, 0.5) is 5.82 Å². The van der Waals surface area contributed by atoms with Crippen LogP contribution in [0.5, 0.6) is 0 Å². The molecule has 6 nitrogen and oxygen atoms in total. The fourth-order valence-corrected chi connectivity index (χ4v) is 3.82. The smallest absolute Gasteiger partial charge is 0.159 e. The normalized spacial score (nSPS) is 18.3. The van der Waals surface area contributed by atoms with Crippen molar-refractivity contribution in [2.75, 3.05) is 18.0 Å². The molecule has 1 saturated heterocycles. The summed E-state index contributed by atoms with van der Waals surface area (Å²) >= 11 is 1.74. The molecule has 4 heterocycles. The minimum atomic E-state index is 0.490. The highest BCUT2D eigenvalue weighted by Crippen LogP contribution is 2.30. The number of nitrogens with zero attached hydrogens (tertiary/aromatic N) is 6. The van der Waals surface area contributed by atoms with Gasteiger partial charge in [-0.3, -0.25) is 9.55 Å². The average Bonchev–Trinajstić information content (AvgIpc) is 3.27. The van der Waals surface area contributed by atoms with Crippen LogP contribution in [0.3, 0.4) is 0 Å². The molecule has 0 radical (unpaired) electrons. The van der Waals surface area contributed by atoms with E-state index < -0.39 is 0 Å². The third-order valence-electron chi connectivity index (χ3n) is 4.23. The van der Waals surface area contributed by atoms with Gasteiger partial charge in [0.25, 0.3) is 0 Å². The lowest BCUT2D eigenvalue weighted by Gasteiger charge is -2.32. The zero-order chi connectivity index (χ0) is 15.6. The Morgan fingerprint density at radius 1 is 1.17 bits per heavy atom. The Bertz CT molecular complexity index is 781. The van der Waals surface area contributed by atoms with E-state index >= 15 is 0 Å². The lowest BCUT2D eigenvalue weighted by Crippen LogP contribution is -2.35. The van der Waals surface area contributed by atoms with Crippen molar-refractivity contribution in [1.82, 2.24) is 24.5 Å². The summed E-state index contributed by atoms with van der Waals surface area (Å²) < 4.78 is 1.96. The van der Waals surface area contributed by atoms with Crippen LogP contribution >= 0.6 is 11.3 Å². The molecule has 1 fully saturated rings. The molecule has 1 unspecified atom stereocenters. The van der Waals surface area contributed by atoms with Gasteiger partial charge in [0.1, 0.15) is 11.6 Å². The predicted molar refractivity (Wildman–Crippen MR) is 90.2 cm³/mol. The van der Waals surface area contributed by atoms with E-state index in [1.54, 1.807) is 23.7 Å². The Morgan fingerprint density at radius 3 is 2.87 bits per heavy atom. The number of aromatic nitrogens is 5. The molecule has 118 valence electrons. The predicted octanol–water partition coefficient (Wildman–Crippen LogP) is 2.81. The number of rotatable bonds is 3. The number of thiazole rings is 1. The van der Waals surface area contributed by atoms with Crippen molar-refractivity contribution in [3.8, 4) is 5.82 Å². The standard InChI is InChI=1S/C16H18N6S/c1-12-18-4-7-22(12)15-10-17-9-14(20-15)21-6-2-3-13(11-21)16-19-5-8-23-16/h4-5,7-10,13H,2-3,6,11H2,1H3. The molecular formula is C16H18N6S. The minimum Gasteiger partial charge on any atom is -0.355 e. The molecule has 1 aliphatic heterocycles. The number of imidazole rings is 1. The molecule has 3 aromatic heterocycles. The van der Waals surface area contributed by atoms with E-state index in [-0.39, 0.29) is 0 Å². The number of anilines is 1. The molecule has 7 heteroatoms. The molecule has 1 atom stereocenters. The Morgan fingerprint density at radius 2 is 2.09 bits per heavy atom. The first-order valence-electron chi connectivity index (χ1n) is 7.78. The second-order valence-corrected chi connectivity index (χ2v) is 6.66. The van der Waals surface area contributed by atoms with Crippen LogP contribution in [0.15, 0.2) is 36.4 Å². The summed E-state index contributed by atoms with van der Waals surface area (Å²) in [4.78, 5) is 20.2. The van der Waals surface area contributed by atoms with E-state index in [2.05, 4.69) is 25.2 Å². The van der Waals surface area contributed by atoms with Crippen molar-refractivity contribution in [2.24, 2.45) is 0 Å². The maximum absolute atomic E-state index is 4.78. The van der Waals surface area contributed by atoms with Gasteiger partial charge in [0.05, 0.1) is 17.4 Å². The quantitative estimate of drug-likeness (QED) is 0.741. The largest absolute Gasteiger partial charge is 0.355 e. The number of hydrogen-bond acceptors (Lipinski definition) is 6. The van der Waals surface area contributed by atoms with E-state index in [9.17, 15) is 0 Å². The molecular weight excluding hydrogens is 308 g/mol. The molecule has 0 aromatic carbocycles. The van der Waals surface area contributed by atoms with Gasteiger partial charge < -0.3 is 4.90 Å². The maximum atomic E-state index is 4.78. The maximum Gasteiger partial charge on any atom is 0.159 e. The van der Waals surface area contributed by atoms with Crippen LogP contribution in [0.25, 0.3) is 5.82 Å². The minimum absolute atomic E-state index is 0.490. The van der Waals surface area contributed by atoms with Crippen LogP contribution < -0.4 is 4.90 Å². The lowest BCUT2D eigenvalue weighted by atomic mass is 9.99. The monoisotopic (exact) mass is 326 g/mol. The molecule has 0 spiro atoms. The van der Waals surface area contributed by atoms with E-state index in [0.29, 0.717) is 5.92 Å². The molecule has 0 bridgehead atoms. The zero-order valence-electron chi connectivity index (χ0n) is 13.0. The second-order valence-electron chi connectivity index (χ2n) is 5.74. The molecule has 3 aromatic rings. The van der Waals surface area contributed by atoms with Crippen molar-refractivity contribution in [3.05, 3.63) is 47.2 Å². The van der Waals surface area contributed by atoms with Crippen LogP contribution in [0.2, 0.25) is 0 Å². The number of hydrogen-bond donors (Lipinski definition) is 0. The van der Waals surface area contributed by atoms with Gasteiger partial charge in [0, 0.05) is 43.0 Å². The summed E-state index contributed by atoms with van der Waals surface area (Å²) in [6.07, 6.45) is 11.6. The van der Waals surface area contributed by atoms with Crippen molar-refractivity contribution < 1.29 is 0 Å². The van der Waals surface area contributed by atoms with Crippen LogP contribution in [0, 0.1) is 6.92 Å². The summed E-state index contributed by atoms with van der Waals surface area (Å²) in [7, 11) is 0. The van der Waals surface area contributed by atoms with Crippen LogP contribution in [-0.4, -0.2) is 37.6 Å². The van der Waals surface area contributed by atoms with Gasteiger partial charge in [0.15, 0.2) is 5.82 Å². The highest BCUT2D eigenvalue weighted by molar-refractivity contribution is 7.09. The fraction of sp³-hybridized carbons (Fsp3) is 0.375. The summed E-state index contributed by atoms with van der Waals surface area (Å²) in [6, 6.07) is 0. The van der Waals surface area contributed by atoms with Crippen LogP contribution in [0.1, 0.15) is 29.6 Å². The lowest BCUT2D eigenvalue weighted by molar-refractivity contribution is 0.505. The molecule has 0 aliphatic carbocycles. The number of aryl methyl sites for hydroxylation is 1. The molecule has 0 N–H and O–H groups in total. The summed E-state index contributed by atoms with van der Waals surface area (Å²) in [5.41, 5.74) is 0. The first kappa shape index (κ1) is 14.3. The molecule has 4 rings (SSSR count). The summed E-state index contributed by atoms with van der Waals surface area (Å²) in [6.45, 7) is 3.94. The Labute approximate surface area is 138 Å². The van der Waals surface area contributed by atoms with Gasteiger partial charge in [-0.2, -0.15) is 0 Å². The molecule has 0 amide bonds. The van der Waals surface area contributed by atoms with Gasteiger partial charge in [-0.1, -0.05) is 0 Å². The van der Waals surface area contributed by atoms with Crippen molar-refractivity contribution in [3.63, 3.8) is 0 Å². The Balaban J connectivity index is 1.59. The SMILES string of the molecule is Cc1nccn1-c1cncc(N2CCCC(c3nccs3)C2)n1. The van der Waals surface area contributed by atoms with Crippen molar-refractivity contribution in [1.29, 1.82) is 0 Å². The van der Waals surface area contributed by atoms with E-state index in [1.165, 1.54) is 11.4 Å². The molecule has 1 aliphatic rings. The Hall–Kier alpha value is -2.28. The summed E-state index contributed by atoms with van der Waals surface area (Å²) in [5, 5.41) is 3.28. The van der Waals surface area contributed by atoms with E-state index in [4.69, 9.17) is 4.98 Å². The van der Waals surface area contributed by atoms with Crippen LogP contribution in [-0.2, 0) is 0 Å². The Kier molecular flexibility index (Phi) is 3.78.